The Morgan fingerprint density at radius 1 is 1.11 bits per heavy atom. The first kappa shape index (κ1) is 20.5. The van der Waals surface area contributed by atoms with Gasteiger partial charge in [0.1, 0.15) is 5.75 Å². The molecule has 2 aromatic rings. The molecule has 0 saturated carbocycles. The number of halogens is 1. The van der Waals surface area contributed by atoms with Gasteiger partial charge in [-0.3, -0.25) is 4.79 Å². The second-order valence-electron chi connectivity index (χ2n) is 7.68. The molecule has 1 N–H and O–H groups in total. The van der Waals surface area contributed by atoms with Crippen LogP contribution in [-0.4, -0.2) is 25.1 Å². The molecule has 0 unspecified atom stereocenters. The zero-order chi connectivity index (χ0) is 20.1. The first-order valence-corrected chi connectivity index (χ1v) is 10.4. The quantitative estimate of drug-likeness (QED) is 0.722. The van der Waals surface area contributed by atoms with Crippen LogP contribution in [0.1, 0.15) is 45.2 Å². The number of anilines is 1. The number of hydrogen-bond donors (Lipinski definition) is 1. The van der Waals surface area contributed by atoms with E-state index in [1.165, 1.54) is 18.5 Å². The summed E-state index contributed by atoms with van der Waals surface area (Å²) in [6.45, 7) is 8.26. The number of benzene rings is 2. The van der Waals surface area contributed by atoms with Crippen molar-refractivity contribution in [2.24, 2.45) is 5.92 Å². The molecule has 0 bridgehead atoms. The fourth-order valence-corrected chi connectivity index (χ4v) is 3.62. The van der Waals surface area contributed by atoms with Crippen LogP contribution in [-0.2, 0) is 4.79 Å². The maximum atomic E-state index is 12.5. The number of carbonyl (C=O) groups is 1. The minimum Gasteiger partial charge on any atom is -0.479 e. The van der Waals surface area contributed by atoms with Crippen LogP contribution in [0.2, 0.25) is 5.02 Å². The summed E-state index contributed by atoms with van der Waals surface area (Å²) in [6.07, 6.45) is 1.87. The van der Waals surface area contributed by atoms with Gasteiger partial charge in [0.25, 0.3) is 5.91 Å². The van der Waals surface area contributed by atoms with E-state index in [4.69, 9.17) is 16.3 Å². The van der Waals surface area contributed by atoms with E-state index in [-0.39, 0.29) is 11.9 Å². The lowest BCUT2D eigenvalue weighted by molar-refractivity contribution is -0.127. The Morgan fingerprint density at radius 3 is 2.39 bits per heavy atom. The summed E-state index contributed by atoms with van der Waals surface area (Å²) in [5, 5.41) is 3.52. The Bertz CT molecular complexity index is 785. The second-order valence-corrected chi connectivity index (χ2v) is 8.09. The van der Waals surface area contributed by atoms with Crippen molar-refractivity contribution in [2.75, 3.05) is 18.0 Å². The third-order valence-corrected chi connectivity index (χ3v) is 5.72. The Balaban J connectivity index is 1.55. The van der Waals surface area contributed by atoms with E-state index in [0.717, 1.165) is 24.6 Å². The van der Waals surface area contributed by atoms with Crippen LogP contribution in [0, 0.1) is 5.92 Å². The van der Waals surface area contributed by atoms with E-state index in [2.05, 4.69) is 41.4 Å². The predicted octanol–water partition coefficient (Wildman–Crippen LogP) is 5.22. The monoisotopic (exact) mass is 400 g/mol. The van der Waals surface area contributed by atoms with Crippen LogP contribution < -0.4 is 15.0 Å². The number of para-hydroxylation sites is 1. The van der Waals surface area contributed by atoms with Gasteiger partial charge in [0.05, 0.1) is 11.1 Å². The minimum absolute atomic E-state index is 0.0970. The number of ether oxygens (including phenoxy) is 1. The fourth-order valence-electron chi connectivity index (χ4n) is 3.44. The third-order valence-electron chi connectivity index (χ3n) is 5.41. The Kier molecular flexibility index (Phi) is 6.84. The van der Waals surface area contributed by atoms with E-state index in [1.54, 1.807) is 19.1 Å². The van der Waals surface area contributed by atoms with Gasteiger partial charge in [-0.25, -0.2) is 0 Å². The molecular weight excluding hydrogens is 372 g/mol. The van der Waals surface area contributed by atoms with E-state index in [1.807, 2.05) is 19.1 Å². The topological polar surface area (TPSA) is 41.6 Å². The zero-order valence-electron chi connectivity index (χ0n) is 16.8. The fraction of sp³-hybridized carbons (Fsp3) is 0.435. The predicted molar refractivity (Wildman–Crippen MR) is 115 cm³/mol. The molecule has 28 heavy (non-hydrogen) atoms. The molecular formula is C23H29ClN2O2. The Morgan fingerprint density at radius 2 is 1.75 bits per heavy atom. The maximum absolute atomic E-state index is 12.5. The van der Waals surface area contributed by atoms with Gasteiger partial charge in [-0.15, -0.1) is 0 Å². The lowest BCUT2D eigenvalue weighted by Gasteiger charge is -2.32. The van der Waals surface area contributed by atoms with Crippen LogP contribution in [0.15, 0.2) is 48.5 Å². The van der Waals surface area contributed by atoms with E-state index in [9.17, 15) is 4.79 Å². The van der Waals surface area contributed by atoms with Gasteiger partial charge < -0.3 is 15.0 Å². The summed E-state index contributed by atoms with van der Waals surface area (Å²) in [5.41, 5.74) is 2.33. The zero-order valence-corrected chi connectivity index (χ0v) is 17.6. The number of rotatable bonds is 6. The van der Waals surface area contributed by atoms with Gasteiger partial charge in [0.15, 0.2) is 6.10 Å². The Labute approximate surface area is 172 Å². The van der Waals surface area contributed by atoms with Crippen molar-refractivity contribution in [2.45, 2.75) is 45.8 Å². The standard InChI is InChI=1S/C23H29ClN2O2/c1-16-12-14-26(15-13-16)20-10-8-19(9-11-20)17(2)25-23(27)18(3)28-22-7-5-4-6-21(22)24/h4-11,16-18H,12-15H2,1-3H3,(H,25,27)/t17-,18+/m1/s1. The Hall–Kier alpha value is -2.20. The number of carbonyl (C=O) groups excluding carboxylic acids is 1. The molecule has 2 atom stereocenters. The van der Waals surface area contributed by atoms with E-state index in [0.29, 0.717) is 10.8 Å². The lowest BCUT2D eigenvalue weighted by atomic mass is 9.98. The first-order valence-electron chi connectivity index (χ1n) is 10.0. The molecule has 1 saturated heterocycles. The first-order chi connectivity index (χ1) is 13.4. The highest BCUT2D eigenvalue weighted by atomic mass is 35.5. The summed E-state index contributed by atoms with van der Waals surface area (Å²) < 4.78 is 5.70. The van der Waals surface area contributed by atoms with Crippen molar-refractivity contribution < 1.29 is 9.53 Å². The molecule has 2 aromatic carbocycles. The molecule has 1 heterocycles. The summed E-state index contributed by atoms with van der Waals surface area (Å²) in [4.78, 5) is 14.9. The molecule has 4 nitrogen and oxygen atoms in total. The summed E-state index contributed by atoms with van der Waals surface area (Å²) in [7, 11) is 0. The molecule has 0 spiro atoms. The van der Waals surface area contributed by atoms with Crippen LogP contribution in [0.4, 0.5) is 5.69 Å². The molecule has 3 rings (SSSR count). The number of nitrogens with one attached hydrogen (secondary N) is 1. The molecule has 5 heteroatoms. The van der Waals surface area contributed by atoms with Crippen molar-refractivity contribution in [3.05, 3.63) is 59.1 Å². The molecule has 0 aromatic heterocycles. The van der Waals surface area contributed by atoms with Gasteiger partial charge in [0.2, 0.25) is 0 Å². The molecule has 0 radical (unpaired) electrons. The number of nitrogens with zero attached hydrogens (tertiary/aromatic N) is 1. The largest absolute Gasteiger partial charge is 0.479 e. The van der Waals surface area contributed by atoms with E-state index < -0.39 is 6.10 Å². The van der Waals surface area contributed by atoms with Crippen molar-refractivity contribution in [3.63, 3.8) is 0 Å². The average molecular weight is 401 g/mol. The molecule has 1 amide bonds. The van der Waals surface area contributed by atoms with Crippen molar-refractivity contribution in [1.82, 2.24) is 5.32 Å². The smallest absolute Gasteiger partial charge is 0.261 e. The lowest BCUT2D eigenvalue weighted by Crippen LogP contribution is -2.37. The molecule has 0 aliphatic carbocycles. The van der Waals surface area contributed by atoms with Crippen molar-refractivity contribution in [3.8, 4) is 5.75 Å². The minimum atomic E-state index is -0.628. The second kappa shape index (κ2) is 9.33. The van der Waals surface area contributed by atoms with Crippen LogP contribution >= 0.6 is 11.6 Å². The van der Waals surface area contributed by atoms with Gasteiger partial charge in [-0.05, 0) is 62.4 Å². The number of piperidine rings is 1. The van der Waals surface area contributed by atoms with Gasteiger partial charge in [-0.2, -0.15) is 0 Å². The van der Waals surface area contributed by atoms with E-state index >= 15 is 0 Å². The normalized spacial score (nSPS) is 17.1. The number of hydrogen-bond acceptors (Lipinski definition) is 3. The highest BCUT2D eigenvalue weighted by Gasteiger charge is 2.19. The van der Waals surface area contributed by atoms with Crippen molar-refractivity contribution >= 4 is 23.2 Å². The van der Waals surface area contributed by atoms with Crippen LogP contribution in [0.3, 0.4) is 0 Å². The summed E-state index contributed by atoms with van der Waals surface area (Å²) >= 11 is 6.10. The van der Waals surface area contributed by atoms with Crippen LogP contribution in [0.5, 0.6) is 5.75 Å². The molecule has 1 aliphatic rings. The molecule has 1 fully saturated rings. The highest BCUT2D eigenvalue weighted by molar-refractivity contribution is 6.32. The molecule has 150 valence electrons. The molecule has 1 aliphatic heterocycles. The van der Waals surface area contributed by atoms with Crippen LogP contribution in [0.25, 0.3) is 0 Å². The number of amides is 1. The van der Waals surface area contributed by atoms with Gasteiger partial charge >= 0.3 is 0 Å². The SMILES string of the molecule is CC1CCN(c2ccc([C@@H](C)NC(=O)[C@H](C)Oc3ccccc3Cl)cc2)CC1. The average Bonchev–Trinajstić information content (AvgIpc) is 2.70. The summed E-state index contributed by atoms with van der Waals surface area (Å²) in [6, 6.07) is 15.6. The van der Waals surface area contributed by atoms with Crippen molar-refractivity contribution in [1.29, 1.82) is 0 Å². The van der Waals surface area contributed by atoms with Gasteiger partial charge in [0, 0.05) is 18.8 Å². The summed E-state index contributed by atoms with van der Waals surface area (Å²) in [5.74, 6) is 1.17. The van der Waals surface area contributed by atoms with Gasteiger partial charge in [-0.1, -0.05) is 42.8 Å². The highest BCUT2D eigenvalue weighted by Crippen LogP contribution is 2.26. The maximum Gasteiger partial charge on any atom is 0.261 e. The third kappa shape index (κ3) is 5.20.